The van der Waals surface area contributed by atoms with Crippen molar-refractivity contribution in [3.63, 3.8) is 0 Å². The van der Waals surface area contributed by atoms with Gasteiger partial charge >= 0.3 is 0 Å². The minimum absolute atomic E-state index is 0.000882. The molecule has 0 aliphatic carbocycles. The molecule has 0 radical (unpaired) electrons. The van der Waals surface area contributed by atoms with Gasteiger partial charge in [0, 0.05) is 24.4 Å². The van der Waals surface area contributed by atoms with E-state index in [1.54, 1.807) is 62.4 Å². The van der Waals surface area contributed by atoms with Gasteiger partial charge in [0.15, 0.2) is 0 Å². The number of hydrogen-bond acceptors (Lipinski definition) is 6. The van der Waals surface area contributed by atoms with E-state index in [4.69, 9.17) is 4.74 Å². The molecule has 1 atom stereocenters. The third kappa shape index (κ3) is 8.67. The number of likely N-dealkylation sites (N-methyl/N-ethyl adjacent to an activating group) is 1. The van der Waals surface area contributed by atoms with E-state index in [0.29, 0.717) is 12.1 Å². The van der Waals surface area contributed by atoms with Crippen LogP contribution < -0.4 is 14.4 Å². The maximum absolute atomic E-state index is 14.5. The van der Waals surface area contributed by atoms with Gasteiger partial charge in [0.2, 0.25) is 11.8 Å². The third-order valence-electron chi connectivity index (χ3n) is 7.25. The van der Waals surface area contributed by atoms with E-state index in [1.165, 1.54) is 40.9 Å². The second-order valence-electron chi connectivity index (χ2n) is 10.3. The zero-order valence-corrected chi connectivity index (χ0v) is 27.7. The van der Waals surface area contributed by atoms with Crippen molar-refractivity contribution in [2.75, 3.05) is 30.3 Å². The summed E-state index contributed by atoms with van der Waals surface area (Å²) in [5.41, 5.74) is 1.58. The zero-order valence-electron chi connectivity index (χ0n) is 26.1. The van der Waals surface area contributed by atoms with Crippen LogP contribution in [-0.4, -0.2) is 57.1 Å². The molecule has 1 N–H and O–H groups in total. The van der Waals surface area contributed by atoms with Crippen molar-refractivity contribution in [1.82, 2.24) is 10.2 Å². The smallest absolute Gasteiger partial charge is 0.264 e. The van der Waals surface area contributed by atoms with Gasteiger partial charge in [0.25, 0.3) is 10.0 Å². The first-order valence-electron chi connectivity index (χ1n) is 14.9. The summed E-state index contributed by atoms with van der Waals surface area (Å²) in [6.45, 7) is 3.49. The van der Waals surface area contributed by atoms with Gasteiger partial charge in [-0.2, -0.15) is 0 Å². The largest absolute Gasteiger partial charge is 0.492 e. The Morgan fingerprint density at radius 2 is 1.52 bits per heavy atom. The topological polar surface area (TPSA) is 96.0 Å². The molecule has 0 saturated heterocycles. The van der Waals surface area contributed by atoms with Gasteiger partial charge in [-0.25, -0.2) is 12.8 Å². The lowest BCUT2D eigenvalue weighted by molar-refractivity contribution is -0.140. The average molecular weight is 664 g/mol. The standard InChI is InChI=1S/C35H38FN3O5S2/c1-4-37-35(41)32(23-26-11-7-6-8-12-26)38(24-27-15-17-28(36)18-16-27)34(40)25-39(31-13-9-10-14-33(31)44-5-2)46(42,43)30-21-19-29(45-3)20-22-30/h6-22,32H,4-5,23-25H2,1-3H3,(H,37,41). The summed E-state index contributed by atoms with van der Waals surface area (Å²) in [5.74, 6) is -1.16. The molecular weight excluding hydrogens is 626 g/mol. The first kappa shape index (κ1) is 34.5. The Balaban J connectivity index is 1.82. The Labute approximate surface area is 274 Å². The maximum atomic E-state index is 14.5. The number of thioether (sulfide) groups is 1. The van der Waals surface area contributed by atoms with Crippen LogP contribution in [0.3, 0.4) is 0 Å². The zero-order chi connectivity index (χ0) is 33.1. The highest BCUT2D eigenvalue weighted by atomic mass is 32.2. The number of rotatable bonds is 15. The molecule has 2 amide bonds. The highest BCUT2D eigenvalue weighted by Crippen LogP contribution is 2.33. The van der Waals surface area contributed by atoms with Gasteiger partial charge in [0.05, 0.1) is 17.2 Å². The molecular formula is C35H38FN3O5S2. The van der Waals surface area contributed by atoms with Gasteiger partial charge in [-0.1, -0.05) is 54.6 Å². The van der Waals surface area contributed by atoms with Gasteiger partial charge in [0.1, 0.15) is 24.2 Å². The van der Waals surface area contributed by atoms with Gasteiger partial charge < -0.3 is 15.0 Å². The van der Waals surface area contributed by atoms with Crippen molar-refractivity contribution < 1.29 is 27.1 Å². The van der Waals surface area contributed by atoms with Gasteiger partial charge in [-0.05, 0) is 79.8 Å². The number of nitrogens with one attached hydrogen (secondary N) is 1. The Kier molecular flexibility index (Phi) is 12.2. The average Bonchev–Trinajstić information content (AvgIpc) is 3.07. The number of hydrogen-bond donors (Lipinski definition) is 1. The van der Waals surface area contributed by atoms with E-state index >= 15 is 0 Å². The molecule has 0 bridgehead atoms. The molecule has 0 fully saturated rings. The molecule has 1 unspecified atom stereocenters. The molecule has 242 valence electrons. The number of para-hydroxylation sites is 2. The minimum atomic E-state index is -4.30. The number of amides is 2. The lowest BCUT2D eigenvalue weighted by atomic mass is 10.0. The summed E-state index contributed by atoms with van der Waals surface area (Å²) in [4.78, 5) is 30.4. The number of benzene rings is 4. The summed E-state index contributed by atoms with van der Waals surface area (Å²) in [7, 11) is -4.30. The number of nitrogens with zero attached hydrogens (tertiary/aromatic N) is 2. The number of anilines is 1. The van der Waals surface area contributed by atoms with E-state index in [1.807, 2.05) is 36.6 Å². The van der Waals surface area contributed by atoms with Crippen molar-refractivity contribution in [2.24, 2.45) is 0 Å². The molecule has 4 aromatic carbocycles. The molecule has 11 heteroatoms. The highest BCUT2D eigenvalue weighted by Gasteiger charge is 2.35. The summed E-state index contributed by atoms with van der Waals surface area (Å²) in [6.07, 6.45) is 2.07. The van der Waals surface area contributed by atoms with E-state index in [0.717, 1.165) is 14.8 Å². The number of carbonyl (C=O) groups is 2. The molecule has 4 rings (SSSR count). The minimum Gasteiger partial charge on any atom is -0.492 e. The van der Waals surface area contributed by atoms with Crippen molar-refractivity contribution in [3.05, 3.63) is 120 Å². The third-order valence-corrected chi connectivity index (χ3v) is 9.77. The Hall–Kier alpha value is -4.35. The number of sulfonamides is 1. The molecule has 0 heterocycles. The van der Waals surface area contributed by atoms with E-state index in [2.05, 4.69) is 5.32 Å². The van der Waals surface area contributed by atoms with Crippen LogP contribution in [0.15, 0.2) is 113 Å². The monoisotopic (exact) mass is 663 g/mol. The molecule has 8 nitrogen and oxygen atoms in total. The quantitative estimate of drug-likeness (QED) is 0.159. The number of carbonyl (C=O) groups excluding carboxylic acids is 2. The molecule has 0 aliphatic rings. The van der Waals surface area contributed by atoms with Crippen molar-refractivity contribution in [3.8, 4) is 5.75 Å². The van der Waals surface area contributed by atoms with E-state index in [9.17, 15) is 22.4 Å². The van der Waals surface area contributed by atoms with Crippen molar-refractivity contribution in [2.45, 2.75) is 42.6 Å². The fraction of sp³-hybridized carbons (Fsp3) is 0.257. The first-order valence-corrected chi connectivity index (χ1v) is 17.6. The fourth-order valence-electron chi connectivity index (χ4n) is 4.96. The highest BCUT2D eigenvalue weighted by molar-refractivity contribution is 7.98. The van der Waals surface area contributed by atoms with Crippen LogP contribution in [0.1, 0.15) is 25.0 Å². The SMILES string of the molecule is CCNC(=O)C(Cc1ccccc1)N(Cc1ccc(F)cc1)C(=O)CN(c1ccccc1OCC)S(=O)(=O)c1ccc(SC)cc1. The molecule has 0 aromatic heterocycles. The second kappa shape index (κ2) is 16.3. The normalized spacial score (nSPS) is 11.8. The van der Waals surface area contributed by atoms with E-state index in [-0.39, 0.29) is 35.9 Å². The van der Waals surface area contributed by atoms with Crippen molar-refractivity contribution in [1.29, 1.82) is 0 Å². The van der Waals surface area contributed by atoms with Crippen LogP contribution in [0.5, 0.6) is 5.75 Å². The van der Waals surface area contributed by atoms with Crippen LogP contribution in [0.2, 0.25) is 0 Å². The van der Waals surface area contributed by atoms with Crippen LogP contribution in [0.25, 0.3) is 0 Å². The lowest BCUT2D eigenvalue weighted by Crippen LogP contribution is -2.53. The van der Waals surface area contributed by atoms with Crippen LogP contribution in [-0.2, 0) is 32.6 Å². The summed E-state index contributed by atoms with van der Waals surface area (Å²) < 4.78 is 49.3. The van der Waals surface area contributed by atoms with Crippen LogP contribution >= 0.6 is 11.8 Å². The molecule has 0 aliphatic heterocycles. The second-order valence-corrected chi connectivity index (χ2v) is 13.1. The Morgan fingerprint density at radius 3 is 2.15 bits per heavy atom. The number of halogens is 1. The summed E-state index contributed by atoms with van der Waals surface area (Å²) >= 11 is 1.48. The van der Waals surface area contributed by atoms with Gasteiger partial charge in [-0.15, -0.1) is 11.8 Å². The molecule has 0 saturated carbocycles. The predicted octanol–water partition coefficient (Wildman–Crippen LogP) is 5.92. The first-order chi connectivity index (χ1) is 22.2. The van der Waals surface area contributed by atoms with Crippen LogP contribution in [0, 0.1) is 5.82 Å². The van der Waals surface area contributed by atoms with E-state index < -0.39 is 40.2 Å². The summed E-state index contributed by atoms with van der Waals surface area (Å²) in [6, 6.07) is 27.0. The molecule has 0 spiro atoms. The molecule has 46 heavy (non-hydrogen) atoms. The molecule has 4 aromatic rings. The lowest BCUT2D eigenvalue weighted by Gasteiger charge is -2.34. The Bertz CT molecular complexity index is 1700. The van der Waals surface area contributed by atoms with Gasteiger partial charge in [-0.3, -0.25) is 13.9 Å². The van der Waals surface area contributed by atoms with Crippen molar-refractivity contribution >= 4 is 39.3 Å². The fourth-order valence-corrected chi connectivity index (χ4v) is 6.79. The maximum Gasteiger partial charge on any atom is 0.264 e. The summed E-state index contributed by atoms with van der Waals surface area (Å²) in [5, 5.41) is 2.83. The van der Waals surface area contributed by atoms with Crippen LogP contribution in [0.4, 0.5) is 10.1 Å². The Morgan fingerprint density at radius 1 is 0.870 bits per heavy atom. The number of ether oxygens (including phenoxy) is 1. The predicted molar refractivity (Wildman–Crippen MR) is 180 cm³/mol.